The normalized spacial score (nSPS) is 1.00. The van der Waals surface area contributed by atoms with Gasteiger partial charge in [-0.05, 0) is 0 Å². The summed E-state index contributed by atoms with van der Waals surface area (Å²) in [6.45, 7) is 5.00. The predicted octanol–water partition coefficient (Wildman–Crippen LogP) is 0.00819. The van der Waals surface area contributed by atoms with Crippen LogP contribution in [-0.2, 0) is 84.0 Å². The van der Waals surface area contributed by atoms with Gasteiger partial charge >= 0.3 is 0 Å². The minimum Gasteiger partial charge on any atom is -0.412 e. The van der Waals surface area contributed by atoms with Gasteiger partial charge < -0.3 is 12.4 Å². The molecule has 0 aliphatic rings. The van der Waals surface area contributed by atoms with Gasteiger partial charge in [0.1, 0.15) is 0 Å². The fraction of sp³-hybridized carbons (Fsp3) is 0.500. The average Bonchev–Trinajstić information content (AvgIpc) is 1.00. The topological polar surface area (TPSA) is 31.5 Å². The van der Waals surface area contributed by atoms with E-state index in [9.17, 15) is 0 Å². The summed E-state index contributed by atoms with van der Waals surface area (Å²) in [6.07, 6.45) is 0. The number of hydrogen-bond donors (Lipinski definition) is 0. The summed E-state index contributed by atoms with van der Waals surface area (Å²) in [5, 5.41) is 0. The third kappa shape index (κ3) is 29.5. The molecule has 4 heteroatoms. The summed E-state index contributed by atoms with van der Waals surface area (Å²) in [7, 11) is 0. The Kier molecular flexibility index (Phi) is 291. The first-order valence-electron chi connectivity index (χ1n) is 0.707. The molecule has 2 N–H and O–H groups in total. The van der Waals surface area contributed by atoms with Gasteiger partial charge in [-0.3, -0.25) is 0 Å². The molecule has 1 nitrogen and oxygen atoms in total. The molecule has 0 aromatic carbocycles. The zero-order chi connectivity index (χ0) is 2.00. The molecule has 0 aliphatic heterocycles. The maximum atomic E-state index is 3.25. The molecule has 0 unspecified atom stereocenters. The van der Waals surface area contributed by atoms with Crippen LogP contribution in [0.5, 0.6) is 0 Å². The second kappa shape index (κ2) is 46.7. The van der Waals surface area contributed by atoms with Crippen molar-refractivity contribution < 1.29 is 89.5 Å². The summed E-state index contributed by atoms with van der Waals surface area (Å²) in [5.74, 6) is 0. The maximum Gasteiger partial charge on any atom is 0 e. The van der Waals surface area contributed by atoms with Crippen LogP contribution in [0.2, 0.25) is 0 Å². The molecular formula is C2H7OVY2-. The molecule has 0 heterocycles. The van der Waals surface area contributed by atoms with E-state index in [4.69, 9.17) is 0 Å². The smallest absolute Gasteiger partial charge is 0 e. The van der Waals surface area contributed by atoms with E-state index in [1.807, 2.05) is 0 Å². The first kappa shape index (κ1) is 37.4. The molecule has 0 bridgehead atoms. The van der Waals surface area contributed by atoms with Crippen LogP contribution in [-0.4, -0.2) is 5.48 Å². The van der Waals surface area contributed by atoms with Gasteiger partial charge in [-0.2, -0.15) is 6.92 Å². The monoisotopic (exact) mass is 276 g/mol. The van der Waals surface area contributed by atoms with Crippen LogP contribution in [0, 0.1) is 6.92 Å². The van der Waals surface area contributed by atoms with E-state index in [2.05, 4.69) is 6.92 Å². The fourth-order valence-corrected chi connectivity index (χ4v) is 0. The van der Waals surface area contributed by atoms with E-state index in [1.54, 1.807) is 6.92 Å². The molecule has 0 aromatic rings. The molecular weight excluding hydrogens is 269 g/mol. The Morgan fingerprint density at radius 1 is 1.00 bits per heavy atom. The second-order valence-electron chi connectivity index (χ2n) is 0. The van der Waals surface area contributed by atoms with Crippen LogP contribution in [0.3, 0.4) is 0 Å². The van der Waals surface area contributed by atoms with E-state index in [-0.39, 0.29) is 89.5 Å². The van der Waals surface area contributed by atoms with Crippen molar-refractivity contribution in [3.8, 4) is 0 Å². The Morgan fingerprint density at radius 3 is 1.00 bits per heavy atom. The Balaban J connectivity index is -0.000000000833. The quantitative estimate of drug-likeness (QED) is 0.558. The van der Waals surface area contributed by atoms with Gasteiger partial charge in [0.25, 0.3) is 0 Å². The SMILES string of the molecule is O.[CH2-]C.[V].[Y].[Y]. The van der Waals surface area contributed by atoms with Gasteiger partial charge in [0.05, 0.1) is 0 Å². The van der Waals surface area contributed by atoms with E-state index < -0.39 is 0 Å². The van der Waals surface area contributed by atoms with E-state index in [1.165, 1.54) is 0 Å². The Morgan fingerprint density at radius 2 is 1.00 bits per heavy atom. The van der Waals surface area contributed by atoms with Gasteiger partial charge in [-0.25, -0.2) is 0 Å². The average molecular weight is 276 g/mol. The molecule has 0 amide bonds. The van der Waals surface area contributed by atoms with Gasteiger partial charge in [-0.15, -0.1) is 0 Å². The van der Waals surface area contributed by atoms with Gasteiger partial charge in [0.2, 0.25) is 0 Å². The summed E-state index contributed by atoms with van der Waals surface area (Å²) in [4.78, 5) is 0. The standard InChI is InChI=1S/C2H5.H2O.V.2Y/c1-2;;;;/h1H2,2H3;1H2;;;/q-1;;;;. The zero-order valence-corrected chi connectivity index (χ0v) is 10.9. The summed E-state index contributed by atoms with van der Waals surface area (Å²) in [6, 6.07) is 0. The molecule has 0 aliphatic carbocycles. The van der Waals surface area contributed by atoms with Gasteiger partial charge in [0, 0.05) is 84.0 Å². The molecule has 0 saturated heterocycles. The van der Waals surface area contributed by atoms with Crippen molar-refractivity contribution in [2.24, 2.45) is 0 Å². The molecule has 0 rings (SSSR count). The van der Waals surface area contributed by atoms with Crippen molar-refractivity contribution in [3.63, 3.8) is 0 Å². The third-order valence-electron chi connectivity index (χ3n) is 0. The van der Waals surface area contributed by atoms with Crippen LogP contribution >= 0.6 is 0 Å². The first-order chi connectivity index (χ1) is 1.00. The van der Waals surface area contributed by atoms with Gasteiger partial charge in [0.15, 0.2) is 0 Å². The molecule has 33 valence electrons. The number of hydrogen-bond acceptors (Lipinski definition) is 0. The first-order valence-corrected chi connectivity index (χ1v) is 0.707. The van der Waals surface area contributed by atoms with Crippen molar-refractivity contribution in [1.29, 1.82) is 0 Å². The van der Waals surface area contributed by atoms with Crippen LogP contribution < -0.4 is 0 Å². The minimum atomic E-state index is 0. The summed E-state index contributed by atoms with van der Waals surface area (Å²) >= 11 is 0. The Hall–Kier alpha value is 2.75. The second-order valence-corrected chi connectivity index (χ2v) is 0. The van der Waals surface area contributed by atoms with E-state index in [0.29, 0.717) is 0 Å². The van der Waals surface area contributed by atoms with E-state index >= 15 is 0 Å². The summed E-state index contributed by atoms with van der Waals surface area (Å²) < 4.78 is 0. The Bertz CT molecular complexity index is 11.5. The summed E-state index contributed by atoms with van der Waals surface area (Å²) in [5.41, 5.74) is 0. The van der Waals surface area contributed by atoms with Crippen LogP contribution in [0.1, 0.15) is 6.92 Å². The molecule has 0 spiro atoms. The Labute approximate surface area is 101 Å². The van der Waals surface area contributed by atoms with Gasteiger partial charge in [-0.1, -0.05) is 0 Å². The fourth-order valence-electron chi connectivity index (χ4n) is 0. The minimum absolute atomic E-state index is 0. The number of rotatable bonds is 0. The zero-order valence-electron chi connectivity index (χ0n) is 3.81. The molecule has 0 atom stereocenters. The third-order valence-corrected chi connectivity index (χ3v) is 0. The molecule has 0 saturated carbocycles. The molecule has 0 fully saturated rings. The maximum absolute atomic E-state index is 3.25. The predicted molar refractivity (Wildman–Crippen MR) is 14.6 cm³/mol. The van der Waals surface area contributed by atoms with Crippen LogP contribution in [0.4, 0.5) is 0 Å². The van der Waals surface area contributed by atoms with Crippen molar-refractivity contribution in [2.45, 2.75) is 6.92 Å². The van der Waals surface area contributed by atoms with Crippen LogP contribution in [0.25, 0.3) is 0 Å². The van der Waals surface area contributed by atoms with Crippen molar-refractivity contribution >= 4 is 0 Å². The largest absolute Gasteiger partial charge is 0.412 e. The molecule has 0 aromatic heterocycles. The van der Waals surface area contributed by atoms with Crippen molar-refractivity contribution in [2.75, 3.05) is 0 Å². The van der Waals surface area contributed by atoms with Crippen LogP contribution in [0.15, 0.2) is 0 Å². The molecule has 3 radical (unpaired) electrons. The molecule has 6 heavy (non-hydrogen) atoms. The van der Waals surface area contributed by atoms with E-state index in [0.717, 1.165) is 0 Å². The van der Waals surface area contributed by atoms with Crippen molar-refractivity contribution in [1.82, 2.24) is 0 Å². The van der Waals surface area contributed by atoms with Crippen molar-refractivity contribution in [3.05, 3.63) is 6.92 Å².